The molecule has 1 aromatic rings. The molecule has 6 nitrogen and oxygen atoms in total. The maximum Gasteiger partial charge on any atom is 0.293 e. The van der Waals surface area contributed by atoms with E-state index in [9.17, 15) is 4.79 Å². The Hall–Kier alpha value is -1.40. The number of hydrogen-bond donors (Lipinski definition) is 1. The molecule has 2 heterocycles. The third kappa shape index (κ3) is 2.83. The Morgan fingerprint density at radius 1 is 1.71 bits per heavy atom. The molecule has 1 fully saturated rings. The van der Waals surface area contributed by atoms with Crippen molar-refractivity contribution in [2.24, 2.45) is 7.05 Å². The summed E-state index contributed by atoms with van der Waals surface area (Å²) in [6.45, 7) is 3.10. The summed E-state index contributed by atoms with van der Waals surface area (Å²) < 4.78 is 7.13. The van der Waals surface area contributed by atoms with Gasteiger partial charge in [-0.2, -0.15) is 0 Å². The number of likely N-dealkylation sites (N-methyl/N-ethyl adjacent to an activating group) is 1. The van der Waals surface area contributed by atoms with Gasteiger partial charge in [-0.3, -0.25) is 4.79 Å². The first-order valence-electron chi connectivity index (χ1n) is 5.73. The van der Waals surface area contributed by atoms with Crippen molar-refractivity contribution >= 4 is 5.82 Å². The monoisotopic (exact) mass is 238 g/mol. The molecule has 94 valence electrons. The molecular weight excluding hydrogens is 220 g/mol. The fourth-order valence-corrected chi connectivity index (χ4v) is 1.88. The van der Waals surface area contributed by atoms with Gasteiger partial charge in [0.2, 0.25) is 0 Å². The van der Waals surface area contributed by atoms with Crippen LogP contribution in [-0.2, 0) is 11.8 Å². The van der Waals surface area contributed by atoms with Crippen LogP contribution >= 0.6 is 0 Å². The van der Waals surface area contributed by atoms with Gasteiger partial charge < -0.3 is 19.5 Å². The number of rotatable bonds is 3. The highest BCUT2D eigenvalue weighted by atomic mass is 16.5. The Balaban J connectivity index is 2.06. The van der Waals surface area contributed by atoms with Crippen molar-refractivity contribution in [1.82, 2.24) is 14.9 Å². The lowest BCUT2D eigenvalue weighted by atomic mass is 10.3. The van der Waals surface area contributed by atoms with E-state index in [-0.39, 0.29) is 11.7 Å². The Bertz CT molecular complexity index is 426. The van der Waals surface area contributed by atoms with Crippen molar-refractivity contribution in [2.75, 3.05) is 38.2 Å². The normalized spacial score (nSPS) is 20.2. The van der Waals surface area contributed by atoms with Crippen LogP contribution in [0.3, 0.4) is 0 Å². The van der Waals surface area contributed by atoms with Gasteiger partial charge in [0.15, 0.2) is 5.82 Å². The average molecular weight is 238 g/mol. The summed E-state index contributed by atoms with van der Waals surface area (Å²) >= 11 is 0. The predicted molar refractivity (Wildman–Crippen MR) is 65.4 cm³/mol. The molecule has 17 heavy (non-hydrogen) atoms. The van der Waals surface area contributed by atoms with E-state index < -0.39 is 0 Å². The molecule has 0 aromatic carbocycles. The Kier molecular flexibility index (Phi) is 3.75. The highest BCUT2D eigenvalue weighted by Gasteiger charge is 2.17. The Morgan fingerprint density at radius 2 is 2.53 bits per heavy atom. The van der Waals surface area contributed by atoms with Gasteiger partial charge in [0.05, 0.1) is 12.7 Å². The molecule has 1 aliphatic heterocycles. The van der Waals surface area contributed by atoms with Crippen LogP contribution in [-0.4, -0.2) is 48.9 Å². The Labute approximate surface area is 100 Å². The SMILES string of the molecule is CN(C[C@H]1CNCCO1)c1nccn(C)c1=O. The molecule has 1 saturated heterocycles. The van der Waals surface area contributed by atoms with Crippen molar-refractivity contribution in [3.05, 3.63) is 22.7 Å². The van der Waals surface area contributed by atoms with Gasteiger partial charge in [-0.15, -0.1) is 0 Å². The minimum absolute atomic E-state index is 0.0845. The fourth-order valence-electron chi connectivity index (χ4n) is 1.88. The third-order valence-corrected chi connectivity index (χ3v) is 2.84. The van der Waals surface area contributed by atoms with Crippen LogP contribution in [0, 0.1) is 0 Å². The van der Waals surface area contributed by atoms with E-state index in [1.165, 1.54) is 4.57 Å². The number of aryl methyl sites for hydroxylation is 1. The van der Waals surface area contributed by atoms with Crippen LogP contribution in [0.5, 0.6) is 0 Å². The zero-order chi connectivity index (χ0) is 12.3. The molecule has 0 aliphatic carbocycles. The van der Waals surface area contributed by atoms with Gasteiger partial charge in [-0.05, 0) is 0 Å². The molecule has 1 atom stereocenters. The lowest BCUT2D eigenvalue weighted by Crippen LogP contribution is -2.45. The number of ether oxygens (including phenoxy) is 1. The second kappa shape index (κ2) is 5.29. The lowest BCUT2D eigenvalue weighted by molar-refractivity contribution is 0.0339. The molecule has 1 N–H and O–H groups in total. The fraction of sp³-hybridized carbons (Fsp3) is 0.636. The van der Waals surface area contributed by atoms with Crippen LogP contribution in [0.25, 0.3) is 0 Å². The first kappa shape index (κ1) is 12.1. The molecule has 0 radical (unpaired) electrons. The van der Waals surface area contributed by atoms with Crippen molar-refractivity contribution < 1.29 is 4.74 Å². The van der Waals surface area contributed by atoms with Gasteiger partial charge in [-0.25, -0.2) is 4.98 Å². The molecule has 0 unspecified atom stereocenters. The topological polar surface area (TPSA) is 59.4 Å². The summed E-state index contributed by atoms with van der Waals surface area (Å²) in [5, 5.41) is 3.26. The van der Waals surface area contributed by atoms with Crippen LogP contribution in [0.1, 0.15) is 0 Å². The number of aromatic nitrogens is 2. The Morgan fingerprint density at radius 3 is 3.24 bits per heavy atom. The number of hydrogen-bond acceptors (Lipinski definition) is 5. The van der Waals surface area contributed by atoms with E-state index in [0.717, 1.165) is 19.7 Å². The number of morpholine rings is 1. The van der Waals surface area contributed by atoms with Gasteiger partial charge in [-0.1, -0.05) is 0 Å². The first-order chi connectivity index (χ1) is 8.18. The molecule has 1 aromatic heterocycles. The molecule has 0 saturated carbocycles. The second-order valence-electron chi connectivity index (χ2n) is 4.24. The van der Waals surface area contributed by atoms with E-state index in [1.807, 2.05) is 11.9 Å². The van der Waals surface area contributed by atoms with Gasteiger partial charge in [0.1, 0.15) is 0 Å². The highest BCUT2D eigenvalue weighted by Crippen LogP contribution is 2.04. The predicted octanol–water partition coefficient (Wildman–Crippen LogP) is -0.795. The van der Waals surface area contributed by atoms with Crippen molar-refractivity contribution in [1.29, 1.82) is 0 Å². The van der Waals surface area contributed by atoms with E-state index in [0.29, 0.717) is 12.4 Å². The molecular formula is C11H18N4O2. The van der Waals surface area contributed by atoms with Crippen LogP contribution < -0.4 is 15.8 Å². The molecule has 0 amide bonds. The summed E-state index contributed by atoms with van der Waals surface area (Å²) in [5.41, 5.74) is -0.0845. The van der Waals surface area contributed by atoms with Crippen LogP contribution in [0.4, 0.5) is 5.82 Å². The summed E-state index contributed by atoms with van der Waals surface area (Å²) in [7, 11) is 3.59. The van der Waals surface area contributed by atoms with Crippen LogP contribution in [0.2, 0.25) is 0 Å². The quantitative estimate of drug-likeness (QED) is 0.747. The number of anilines is 1. The van der Waals surface area contributed by atoms with Gasteiger partial charge in [0, 0.05) is 46.1 Å². The van der Waals surface area contributed by atoms with Crippen LogP contribution in [0.15, 0.2) is 17.2 Å². The molecule has 0 spiro atoms. The zero-order valence-corrected chi connectivity index (χ0v) is 10.2. The zero-order valence-electron chi connectivity index (χ0n) is 10.2. The molecule has 1 aliphatic rings. The van der Waals surface area contributed by atoms with Crippen molar-refractivity contribution in [3.8, 4) is 0 Å². The minimum atomic E-state index is -0.0845. The average Bonchev–Trinajstić information content (AvgIpc) is 2.34. The summed E-state index contributed by atoms with van der Waals surface area (Å²) in [5.74, 6) is 0.462. The maximum absolute atomic E-state index is 11.9. The molecule has 0 bridgehead atoms. The van der Waals surface area contributed by atoms with E-state index in [4.69, 9.17) is 4.74 Å². The smallest absolute Gasteiger partial charge is 0.293 e. The molecule has 6 heteroatoms. The van der Waals surface area contributed by atoms with E-state index in [2.05, 4.69) is 10.3 Å². The number of nitrogens with one attached hydrogen (secondary N) is 1. The third-order valence-electron chi connectivity index (χ3n) is 2.84. The maximum atomic E-state index is 11.9. The second-order valence-corrected chi connectivity index (χ2v) is 4.24. The standard InChI is InChI=1S/C11H18N4O2/c1-14-5-3-13-10(11(14)16)15(2)8-9-7-12-4-6-17-9/h3,5,9,12H,4,6-8H2,1-2H3/t9-/m1/s1. The van der Waals surface area contributed by atoms with Gasteiger partial charge in [0.25, 0.3) is 5.56 Å². The van der Waals surface area contributed by atoms with E-state index in [1.54, 1.807) is 19.4 Å². The van der Waals surface area contributed by atoms with Gasteiger partial charge >= 0.3 is 0 Å². The van der Waals surface area contributed by atoms with Crippen molar-refractivity contribution in [3.63, 3.8) is 0 Å². The largest absolute Gasteiger partial charge is 0.374 e. The summed E-state index contributed by atoms with van der Waals surface area (Å²) in [6.07, 6.45) is 3.39. The van der Waals surface area contributed by atoms with E-state index >= 15 is 0 Å². The highest BCUT2D eigenvalue weighted by molar-refractivity contribution is 5.34. The van der Waals surface area contributed by atoms with Crippen molar-refractivity contribution in [2.45, 2.75) is 6.10 Å². The lowest BCUT2D eigenvalue weighted by Gasteiger charge is -2.28. The summed E-state index contributed by atoms with van der Waals surface area (Å²) in [4.78, 5) is 17.8. The minimum Gasteiger partial charge on any atom is -0.374 e. The molecule has 2 rings (SSSR count). The number of nitrogens with zero attached hydrogens (tertiary/aromatic N) is 3. The summed E-state index contributed by atoms with van der Waals surface area (Å²) in [6, 6.07) is 0. The first-order valence-corrected chi connectivity index (χ1v) is 5.73.